The van der Waals surface area contributed by atoms with E-state index in [4.69, 9.17) is 5.11 Å². The average Bonchev–Trinajstić information content (AvgIpc) is 2.34. The molecule has 0 saturated carbocycles. The monoisotopic (exact) mass is 272 g/mol. The number of rotatable bonds is 3. The van der Waals surface area contributed by atoms with Crippen LogP contribution in [-0.4, -0.2) is 11.7 Å². The number of benzene rings is 2. The molecule has 100 valence electrons. The lowest BCUT2D eigenvalue weighted by atomic mass is 10.0. The predicted molar refractivity (Wildman–Crippen MR) is 60.1 cm³/mol. The van der Waals surface area contributed by atoms with Crippen molar-refractivity contribution in [1.82, 2.24) is 0 Å². The minimum absolute atomic E-state index is 0.00217. The highest BCUT2D eigenvalue weighted by atomic mass is 19.3. The molecule has 0 unspecified atom stereocenters. The van der Waals surface area contributed by atoms with Gasteiger partial charge in [0.15, 0.2) is 17.4 Å². The predicted octanol–water partition coefficient (Wildman–Crippen LogP) is 3.94. The molecule has 0 bridgehead atoms. The van der Waals surface area contributed by atoms with Gasteiger partial charge in [-0.05, 0) is 35.4 Å². The zero-order valence-electron chi connectivity index (χ0n) is 9.41. The van der Waals surface area contributed by atoms with Crippen molar-refractivity contribution >= 4 is 0 Å². The summed E-state index contributed by atoms with van der Waals surface area (Å²) in [7, 11) is 0. The summed E-state index contributed by atoms with van der Waals surface area (Å²) in [5.41, 5.74) is 0.579. The molecule has 0 aliphatic rings. The first kappa shape index (κ1) is 13.2. The van der Waals surface area contributed by atoms with Gasteiger partial charge in [-0.25, -0.2) is 8.78 Å². The molecule has 0 saturated heterocycles. The van der Waals surface area contributed by atoms with Crippen molar-refractivity contribution in [1.29, 1.82) is 0 Å². The Morgan fingerprint density at radius 3 is 1.89 bits per heavy atom. The Hall–Kier alpha value is -2.24. The molecule has 6 heteroatoms. The first-order valence-corrected chi connectivity index (χ1v) is 5.20. The lowest BCUT2D eigenvalue weighted by Crippen LogP contribution is -2.05. The standard InChI is InChI=1S/C13H8F4O2/c14-10-5-8(7-1-3-9(18)4-2-7)6-11(15)12(10)19-13(16)17/h1-6,13,18H. The number of hydrogen-bond acceptors (Lipinski definition) is 2. The summed E-state index contributed by atoms with van der Waals surface area (Å²) in [6.45, 7) is -3.30. The molecule has 0 amide bonds. The van der Waals surface area contributed by atoms with E-state index in [1.807, 2.05) is 0 Å². The highest BCUT2D eigenvalue weighted by Crippen LogP contribution is 2.30. The summed E-state index contributed by atoms with van der Waals surface area (Å²) in [4.78, 5) is 0. The second kappa shape index (κ2) is 5.17. The van der Waals surface area contributed by atoms with Gasteiger partial charge in [0.2, 0.25) is 0 Å². The van der Waals surface area contributed by atoms with E-state index in [1.165, 1.54) is 24.3 Å². The summed E-state index contributed by atoms with van der Waals surface area (Å²) in [5.74, 6) is -3.55. The number of ether oxygens (including phenoxy) is 1. The zero-order valence-corrected chi connectivity index (χ0v) is 9.41. The Kier molecular flexibility index (Phi) is 3.59. The fraction of sp³-hybridized carbons (Fsp3) is 0.0769. The summed E-state index contributed by atoms with van der Waals surface area (Å²) < 4.78 is 54.7. The molecule has 2 aromatic carbocycles. The van der Waals surface area contributed by atoms with Crippen LogP contribution in [0.1, 0.15) is 0 Å². The van der Waals surface area contributed by atoms with Crippen molar-refractivity contribution in [3.8, 4) is 22.6 Å². The molecule has 1 N–H and O–H groups in total. The van der Waals surface area contributed by atoms with Crippen LogP contribution in [0.15, 0.2) is 36.4 Å². The SMILES string of the molecule is Oc1ccc(-c2cc(F)c(OC(F)F)c(F)c2)cc1. The van der Waals surface area contributed by atoms with Gasteiger partial charge in [0, 0.05) is 0 Å². The van der Waals surface area contributed by atoms with Crippen molar-refractivity contribution in [2.75, 3.05) is 0 Å². The maximum absolute atomic E-state index is 13.5. The molecule has 0 heterocycles. The van der Waals surface area contributed by atoms with Crippen molar-refractivity contribution in [2.24, 2.45) is 0 Å². The zero-order chi connectivity index (χ0) is 14.0. The quantitative estimate of drug-likeness (QED) is 0.857. The number of phenols is 1. The van der Waals surface area contributed by atoms with Crippen LogP contribution in [-0.2, 0) is 0 Å². The van der Waals surface area contributed by atoms with E-state index in [0.717, 1.165) is 12.1 Å². The summed E-state index contributed by atoms with van der Waals surface area (Å²) >= 11 is 0. The molecule has 2 aromatic rings. The maximum Gasteiger partial charge on any atom is 0.387 e. The van der Waals surface area contributed by atoms with Crippen LogP contribution >= 0.6 is 0 Å². The third kappa shape index (κ3) is 2.96. The minimum Gasteiger partial charge on any atom is -0.508 e. The van der Waals surface area contributed by atoms with Crippen LogP contribution in [0.4, 0.5) is 17.6 Å². The molecule has 0 aliphatic carbocycles. The molecule has 0 fully saturated rings. The van der Waals surface area contributed by atoms with Gasteiger partial charge in [-0.1, -0.05) is 12.1 Å². The van der Waals surface area contributed by atoms with Gasteiger partial charge < -0.3 is 9.84 Å². The van der Waals surface area contributed by atoms with Gasteiger partial charge in [0.25, 0.3) is 0 Å². The number of hydrogen-bond donors (Lipinski definition) is 1. The molecule has 0 radical (unpaired) electrons. The number of halogens is 4. The molecule has 0 aliphatic heterocycles. The molecule has 2 nitrogen and oxygen atoms in total. The van der Waals surface area contributed by atoms with Crippen molar-refractivity contribution < 1.29 is 27.4 Å². The third-order valence-corrected chi connectivity index (χ3v) is 2.41. The highest BCUT2D eigenvalue weighted by molar-refractivity contribution is 5.65. The normalized spacial score (nSPS) is 10.8. The minimum atomic E-state index is -3.30. The Morgan fingerprint density at radius 1 is 0.895 bits per heavy atom. The molecule has 2 rings (SSSR count). The average molecular weight is 272 g/mol. The Labute approximate surface area is 105 Å². The Bertz CT molecular complexity index is 559. The Balaban J connectivity index is 2.42. The fourth-order valence-corrected chi connectivity index (χ4v) is 1.58. The summed E-state index contributed by atoms with van der Waals surface area (Å²) in [5, 5.41) is 9.10. The van der Waals surface area contributed by atoms with E-state index in [0.29, 0.717) is 5.56 Å². The van der Waals surface area contributed by atoms with E-state index >= 15 is 0 Å². The van der Waals surface area contributed by atoms with Crippen LogP contribution < -0.4 is 4.74 Å². The van der Waals surface area contributed by atoms with Crippen LogP contribution in [0.2, 0.25) is 0 Å². The van der Waals surface area contributed by atoms with Gasteiger partial charge >= 0.3 is 6.61 Å². The van der Waals surface area contributed by atoms with E-state index in [-0.39, 0.29) is 11.3 Å². The summed E-state index contributed by atoms with van der Waals surface area (Å²) in [6.07, 6.45) is 0. The van der Waals surface area contributed by atoms with E-state index < -0.39 is 24.0 Å². The fourth-order valence-electron chi connectivity index (χ4n) is 1.58. The lowest BCUT2D eigenvalue weighted by Gasteiger charge is -2.09. The smallest absolute Gasteiger partial charge is 0.387 e. The molecule has 19 heavy (non-hydrogen) atoms. The molecule has 0 aromatic heterocycles. The van der Waals surface area contributed by atoms with Gasteiger partial charge in [-0.2, -0.15) is 8.78 Å². The highest BCUT2D eigenvalue weighted by Gasteiger charge is 2.17. The van der Waals surface area contributed by atoms with Gasteiger partial charge in [-0.15, -0.1) is 0 Å². The first-order valence-electron chi connectivity index (χ1n) is 5.20. The maximum atomic E-state index is 13.5. The third-order valence-electron chi connectivity index (χ3n) is 2.41. The van der Waals surface area contributed by atoms with Crippen molar-refractivity contribution in [3.05, 3.63) is 48.0 Å². The van der Waals surface area contributed by atoms with Gasteiger partial charge in [0.1, 0.15) is 5.75 Å². The topological polar surface area (TPSA) is 29.5 Å². The van der Waals surface area contributed by atoms with Crippen molar-refractivity contribution in [2.45, 2.75) is 6.61 Å². The molecule has 0 atom stereocenters. The van der Waals surface area contributed by atoms with Crippen LogP contribution in [0.3, 0.4) is 0 Å². The van der Waals surface area contributed by atoms with Crippen LogP contribution in [0, 0.1) is 11.6 Å². The van der Waals surface area contributed by atoms with Crippen molar-refractivity contribution in [3.63, 3.8) is 0 Å². The van der Waals surface area contributed by atoms with E-state index in [9.17, 15) is 17.6 Å². The number of aromatic hydroxyl groups is 1. The first-order chi connectivity index (χ1) is 8.97. The Morgan fingerprint density at radius 2 is 1.42 bits per heavy atom. The summed E-state index contributed by atoms with van der Waals surface area (Å²) in [6, 6.07) is 7.33. The lowest BCUT2D eigenvalue weighted by molar-refractivity contribution is -0.0546. The number of alkyl halides is 2. The van der Waals surface area contributed by atoms with Crippen LogP contribution in [0.25, 0.3) is 11.1 Å². The molecular weight excluding hydrogens is 264 g/mol. The van der Waals surface area contributed by atoms with Gasteiger partial charge in [0.05, 0.1) is 0 Å². The second-order valence-corrected chi connectivity index (χ2v) is 3.69. The molecule has 0 spiro atoms. The van der Waals surface area contributed by atoms with Gasteiger partial charge in [-0.3, -0.25) is 0 Å². The largest absolute Gasteiger partial charge is 0.508 e. The van der Waals surface area contributed by atoms with Crippen LogP contribution in [0.5, 0.6) is 11.5 Å². The second-order valence-electron chi connectivity index (χ2n) is 3.69. The van der Waals surface area contributed by atoms with E-state index in [2.05, 4.69) is 4.74 Å². The number of phenolic OH excluding ortho intramolecular Hbond substituents is 1. The van der Waals surface area contributed by atoms with E-state index in [1.54, 1.807) is 0 Å². The molecular formula is C13H8F4O2.